The Labute approximate surface area is 164 Å². The first-order valence-electron chi connectivity index (χ1n) is 10.5. The standard InChI is InChI=1S/C20H29N5O3/c26-18-17(13-21-14-22-18)20(28)25-11-5-16(6-12-25)23-9-3-15(4-10-23)19(27)24-7-1-2-8-24/h13-16H,1-12H2,(H,21,22,26). The largest absolute Gasteiger partial charge is 0.342 e. The molecular formula is C20H29N5O3. The Morgan fingerprint density at radius 3 is 2.25 bits per heavy atom. The number of aromatic amines is 1. The van der Waals surface area contributed by atoms with Crippen molar-refractivity contribution < 1.29 is 9.59 Å². The van der Waals surface area contributed by atoms with Gasteiger partial charge in [-0.15, -0.1) is 0 Å². The molecule has 1 N–H and O–H groups in total. The molecular weight excluding hydrogens is 358 g/mol. The molecule has 0 atom stereocenters. The van der Waals surface area contributed by atoms with Crippen LogP contribution in [0.4, 0.5) is 0 Å². The van der Waals surface area contributed by atoms with Crippen LogP contribution in [0.25, 0.3) is 0 Å². The van der Waals surface area contributed by atoms with Crippen LogP contribution in [0.3, 0.4) is 0 Å². The van der Waals surface area contributed by atoms with E-state index < -0.39 is 0 Å². The number of piperidine rings is 2. The topological polar surface area (TPSA) is 89.6 Å². The summed E-state index contributed by atoms with van der Waals surface area (Å²) in [5.74, 6) is 0.315. The molecule has 28 heavy (non-hydrogen) atoms. The van der Waals surface area contributed by atoms with Crippen molar-refractivity contribution in [2.24, 2.45) is 5.92 Å². The molecule has 4 heterocycles. The third-order valence-electron chi connectivity index (χ3n) is 6.51. The molecule has 1 aromatic heterocycles. The SMILES string of the molecule is O=C(c1cnc[nH]c1=O)N1CCC(N2CCC(C(=O)N3CCCC3)CC2)CC1. The third-order valence-corrected chi connectivity index (χ3v) is 6.51. The highest BCUT2D eigenvalue weighted by Gasteiger charge is 2.34. The van der Waals surface area contributed by atoms with Gasteiger partial charge in [-0.2, -0.15) is 0 Å². The van der Waals surface area contributed by atoms with E-state index in [1.807, 2.05) is 4.90 Å². The van der Waals surface area contributed by atoms with Crippen molar-refractivity contribution in [3.8, 4) is 0 Å². The number of carbonyl (C=O) groups excluding carboxylic acids is 2. The van der Waals surface area contributed by atoms with Crippen molar-refractivity contribution >= 4 is 11.8 Å². The molecule has 8 nitrogen and oxygen atoms in total. The predicted molar refractivity (Wildman–Crippen MR) is 104 cm³/mol. The Kier molecular flexibility index (Phi) is 5.75. The van der Waals surface area contributed by atoms with Crippen molar-refractivity contribution in [3.05, 3.63) is 28.4 Å². The summed E-state index contributed by atoms with van der Waals surface area (Å²) in [5.41, 5.74) is -0.269. The molecule has 1 aromatic rings. The van der Waals surface area contributed by atoms with E-state index in [4.69, 9.17) is 0 Å². The van der Waals surface area contributed by atoms with E-state index in [0.717, 1.165) is 64.7 Å². The van der Waals surface area contributed by atoms with Gasteiger partial charge in [0.1, 0.15) is 5.56 Å². The van der Waals surface area contributed by atoms with Gasteiger partial charge in [0.25, 0.3) is 11.5 Å². The van der Waals surface area contributed by atoms with E-state index >= 15 is 0 Å². The highest BCUT2D eigenvalue weighted by molar-refractivity contribution is 5.93. The highest BCUT2D eigenvalue weighted by Crippen LogP contribution is 2.26. The molecule has 3 aliphatic heterocycles. The number of nitrogens with one attached hydrogen (secondary N) is 1. The maximum Gasteiger partial charge on any atom is 0.263 e. The molecule has 152 valence electrons. The molecule has 0 radical (unpaired) electrons. The fraction of sp³-hybridized carbons (Fsp3) is 0.700. The second-order valence-corrected chi connectivity index (χ2v) is 8.16. The van der Waals surface area contributed by atoms with Crippen LogP contribution in [0.2, 0.25) is 0 Å². The third kappa shape index (κ3) is 3.97. The molecule has 2 amide bonds. The van der Waals surface area contributed by atoms with Crippen LogP contribution in [0.5, 0.6) is 0 Å². The summed E-state index contributed by atoms with van der Waals surface area (Å²) in [7, 11) is 0. The fourth-order valence-corrected chi connectivity index (χ4v) is 4.81. The summed E-state index contributed by atoms with van der Waals surface area (Å²) >= 11 is 0. The van der Waals surface area contributed by atoms with Crippen LogP contribution >= 0.6 is 0 Å². The summed E-state index contributed by atoms with van der Waals surface area (Å²) in [6.07, 6.45) is 8.64. The van der Waals surface area contributed by atoms with Gasteiger partial charge >= 0.3 is 0 Å². The molecule has 8 heteroatoms. The molecule has 0 aliphatic carbocycles. The van der Waals surface area contributed by atoms with Crippen molar-refractivity contribution in [2.75, 3.05) is 39.3 Å². The average Bonchev–Trinajstić information content (AvgIpc) is 3.28. The van der Waals surface area contributed by atoms with Crippen LogP contribution in [0, 0.1) is 5.92 Å². The van der Waals surface area contributed by atoms with Crippen molar-refractivity contribution in [3.63, 3.8) is 0 Å². The zero-order chi connectivity index (χ0) is 19.5. The average molecular weight is 387 g/mol. The smallest absolute Gasteiger partial charge is 0.263 e. The molecule has 0 bridgehead atoms. The lowest BCUT2D eigenvalue weighted by molar-refractivity contribution is -0.136. The molecule has 0 saturated carbocycles. The quantitative estimate of drug-likeness (QED) is 0.825. The molecule has 0 unspecified atom stereocenters. The number of H-pyrrole nitrogens is 1. The number of likely N-dealkylation sites (tertiary alicyclic amines) is 3. The van der Waals surface area contributed by atoms with E-state index in [0.29, 0.717) is 25.0 Å². The van der Waals surface area contributed by atoms with Gasteiger partial charge in [-0.3, -0.25) is 14.4 Å². The molecule has 3 saturated heterocycles. The normalized spacial score (nSPS) is 22.6. The number of hydrogen-bond donors (Lipinski definition) is 1. The van der Waals surface area contributed by atoms with Gasteiger partial charge in [0.05, 0.1) is 6.33 Å². The van der Waals surface area contributed by atoms with Gasteiger partial charge in [0.2, 0.25) is 5.91 Å². The summed E-state index contributed by atoms with van der Waals surface area (Å²) in [6, 6.07) is 0.457. The Morgan fingerprint density at radius 2 is 1.61 bits per heavy atom. The second kappa shape index (κ2) is 8.43. The van der Waals surface area contributed by atoms with Crippen molar-refractivity contribution in [1.29, 1.82) is 0 Å². The number of nitrogens with zero attached hydrogens (tertiary/aromatic N) is 4. The van der Waals surface area contributed by atoms with Crippen LogP contribution in [0.15, 0.2) is 17.3 Å². The summed E-state index contributed by atoms with van der Waals surface area (Å²) < 4.78 is 0. The van der Waals surface area contributed by atoms with E-state index in [-0.39, 0.29) is 22.9 Å². The van der Waals surface area contributed by atoms with Gasteiger partial charge in [-0.05, 0) is 51.6 Å². The lowest BCUT2D eigenvalue weighted by Gasteiger charge is -2.41. The predicted octanol–water partition coefficient (Wildman–Crippen LogP) is 0.709. The zero-order valence-corrected chi connectivity index (χ0v) is 16.3. The summed E-state index contributed by atoms with van der Waals surface area (Å²) in [5, 5.41) is 0. The monoisotopic (exact) mass is 387 g/mol. The Morgan fingerprint density at radius 1 is 0.929 bits per heavy atom. The van der Waals surface area contributed by atoms with Crippen molar-refractivity contribution in [2.45, 2.75) is 44.6 Å². The number of carbonyl (C=O) groups is 2. The van der Waals surface area contributed by atoms with E-state index in [2.05, 4.69) is 14.9 Å². The first-order chi connectivity index (χ1) is 13.6. The maximum atomic E-state index is 12.6. The number of aromatic nitrogens is 2. The first-order valence-corrected chi connectivity index (χ1v) is 10.5. The number of hydrogen-bond acceptors (Lipinski definition) is 5. The van der Waals surface area contributed by atoms with Crippen LogP contribution in [0.1, 0.15) is 48.9 Å². The second-order valence-electron chi connectivity index (χ2n) is 8.16. The minimum atomic E-state index is -0.383. The van der Waals surface area contributed by atoms with E-state index in [1.165, 1.54) is 12.5 Å². The number of rotatable bonds is 3. The fourth-order valence-electron chi connectivity index (χ4n) is 4.81. The first kappa shape index (κ1) is 19.1. The Balaban J connectivity index is 1.26. The van der Waals surface area contributed by atoms with Crippen LogP contribution in [-0.4, -0.2) is 81.8 Å². The maximum absolute atomic E-state index is 12.6. The van der Waals surface area contributed by atoms with E-state index in [1.54, 1.807) is 4.90 Å². The van der Waals surface area contributed by atoms with Gasteiger partial charge in [0, 0.05) is 44.3 Å². The molecule has 3 fully saturated rings. The minimum Gasteiger partial charge on any atom is -0.342 e. The Hall–Kier alpha value is -2.22. The van der Waals surface area contributed by atoms with Gasteiger partial charge in [0.15, 0.2) is 0 Å². The summed E-state index contributed by atoms with van der Waals surface area (Å²) in [4.78, 5) is 49.6. The minimum absolute atomic E-state index is 0.113. The van der Waals surface area contributed by atoms with Crippen molar-refractivity contribution in [1.82, 2.24) is 24.7 Å². The Bertz CT molecular complexity index is 757. The van der Waals surface area contributed by atoms with E-state index in [9.17, 15) is 14.4 Å². The van der Waals surface area contributed by atoms with Gasteiger partial charge in [-0.1, -0.05) is 0 Å². The van der Waals surface area contributed by atoms with Gasteiger partial charge < -0.3 is 19.7 Å². The molecule has 3 aliphatic rings. The lowest BCUT2D eigenvalue weighted by atomic mass is 9.92. The molecule has 0 spiro atoms. The molecule has 0 aromatic carbocycles. The van der Waals surface area contributed by atoms with Crippen LogP contribution < -0.4 is 5.56 Å². The zero-order valence-electron chi connectivity index (χ0n) is 16.3. The lowest BCUT2D eigenvalue weighted by Crippen LogP contribution is -2.50. The van der Waals surface area contributed by atoms with Gasteiger partial charge in [-0.25, -0.2) is 4.98 Å². The highest BCUT2D eigenvalue weighted by atomic mass is 16.2. The van der Waals surface area contributed by atoms with Crippen LogP contribution in [-0.2, 0) is 4.79 Å². The summed E-state index contributed by atoms with van der Waals surface area (Å²) in [6.45, 7) is 5.11. The number of amides is 2. The molecule has 4 rings (SSSR count).